The lowest BCUT2D eigenvalue weighted by Crippen LogP contribution is -2.11. The maximum absolute atomic E-state index is 9.95. The van der Waals surface area contributed by atoms with E-state index in [-0.39, 0.29) is 6.10 Å². The van der Waals surface area contributed by atoms with E-state index in [1.165, 1.54) is 0 Å². The summed E-state index contributed by atoms with van der Waals surface area (Å²) >= 11 is 6.25. The molecule has 0 radical (unpaired) electrons. The van der Waals surface area contributed by atoms with E-state index in [1.807, 2.05) is 12.1 Å². The SMILES string of the molecule is COc1cc(CC2(O)CC2)cc(Cl)c1OC1CC1. The number of hydrogen-bond donors (Lipinski definition) is 1. The Bertz CT molecular complexity index is 464. The zero-order valence-corrected chi connectivity index (χ0v) is 11.2. The van der Waals surface area contributed by atoms with Gasteiger partial charge >= 0.3 is 0 Å². The van der Waals surface area contributed by atoms with E-state index in [9.17, 15) is 5.11 Å². The first-order chi connectivity index (χ1) is 8.59. The van der Waals surface area contributed by atoms with E-state index in [0.29, 0.717) is 22.9 Å². The van der Waals surface area contributed by atoms with E-state index in [0.717, 1.165) is 31.2 Å². The maximum Gasteiger partial charge on any atom is 0.180 e. The summed E-state index contributed by atoms with van der Waals surface area (Å²) in [5.74, 6) is 1.29. The fourth-order valence-electron chi connectivity index (χ4n) is 2.04. The Morgan fingerprint density at radius 2 is 2.11 bits per heavy atom. The average molecular weight is 269 g/mol. The molecule has 0 heterocycles. The third-order valence-electron chi connectivity index (χ3n) is 3.46. The van der Waals surface area contributed by atoms with Crippen molar-refractivity contribution in [2.45, 2.75) is 43.8 Å². The van der Waals surface area contributed by atoms with Crippen molar-refractivity contribution in [2.75, 3.05) is 7.11 Å². The molecule has 18 heavy (non-hydrogen) atoms. The first-order valence-corrected chi connectivity index (χ1v) is 6.73. The standard InChI is InChI=1S/C14H17ClO3/c1-17-12-7-9(8-14(16)4-5-14)6-11(15)13(12)18-10-2-3-10/h6-7,10,16H,2-5,8H2,1H3. The molecule has 2 aliphatic rings. The zero-order chi connectivity index (χ0) is 12.8. The molecule has 2 fully saturated rings. The van der Waals surface area contributed by atoms with Crippen LogP contribution in [-0.2, 0) is 6.42 Å². The number of ether oxygens (including phenoxy) is 2. The van der Waals surface area contributed by atoms with Crippen LogP contribution in [0.15, 0.2) is 12.1 Å². The lowest BCUT2D eigenvalue weighted by molar-refractivity contribution is 0.151. The molecule has 0 spiro atoms. The second kappa shape index (κ2) is 4.32. The van der Waals surface area contributed by atoms with Gasteiger partial charge in [-0.25, -0.2) is 0 Å². The van der Waals surface area contributed by atoms with Crippen LogP contribution in [0, 0.1) is 0 Å². The molecule has 2 aliphatic carbocycles. The summed E-state index contributed by atoms with van der Waals surface area (Å²) in [4.78, 5) is 0. The molecule has 1 aromatic rings. The second-order valence-corrected chi connectivity index (χ2v) is 5.73. The minimum Gasteiger partial charge on any atom is -0.493 e. The molecular formula is C14H17ClO3. The largest absolute Gasteiger partial charge is 0.493 e. The van der Waals surface area contributed by atoms with Crippen LogP contribution in [-0.4, -0.2) is 23.9 Å². The molecular weight excluding hydrogens is 252 g/mol. The van der Waals surface area contributed by atoms with Crippen LogP contribution in [0.3, 0.4) is 0 Å². The highest BCUT2D eigenvalue weighted by Gasteiger charge is 2.40. The van der Waals surface area contributed by atoms with E-state index in [1.54, 1.807) is 7.11 Å². The Kier molecular flexibility index (Phi) is 2.91. The predicted molar refractivity (Wildman–Crippen MR) is 69.5 cm³/mol. The van der Waals surface area contributed by atoms with Gasteiger partial charge in [-0.15, -0.1) is 0 Å². The zero-order valence-electron chi connectivity index (χ0n) is 10.4. The normalized spacial score (nSPS) is 20.6. The van der Waals surface area contributed by atoms with Crippen LogP contribution < -0.4 is 9.47 Å². The number of aliphatic hydroxyl groups is 1. The quantitative estimate of drug-likeness (QED) is 0.892. The summed E-state index contributed by atoms with van der Waals surface area (Å²) < 4.78 is 11.1. The van der Waals surface area contributed by atoms with E-state index >= 15 is 0 Å². The van der Waals surface area contributed by atoms with Crippen molar-refractivity contribution < 1.29 is 14.6 Å². The highest BCUT2D eigenvalue weighted by atomic mass is 35.5. The van der Waals surface area contributed by atoms with Crippen molar-refractivity contribution in [3.63, 3.8) is 0 Å². The molecule has 0 aliphatic heterocycles. The van der Waals surface area contributed by atoms with Crippen molar-refractivity contribution in [3.8, 4) is 11.5 Å². The molecule has 0 bridgehead atoms. The van der Waals surface area contributed by atoms with E-state index in [2.05, 4.69) is 0 Å². The van der Waals surface area contributed by atoms with Gasteiger partial charge in [-0.3, -0.25) is 0 Å². The van der Waals surface area contributed by atoms with Crippen LogP contribution >= 0.6 is 11.6 Å². The number of benzene rings is 1. The molecule has 98 valence electrons. The van der Waals surface area contributed by atoms with Crippen LogP contribution in [0.2, 0.25) is 5.02 Å². The van der Waals surface area contributed by atoms with E-state index < -0.39 is 5.60 Å². The van der Waals surface area contributed by atoms with Crippen molar-refractivity contribution in [1.82, 2.24) is 0 Å². The molecule has 0 atom stereocenters. The first kappa shape index (κ1) is 12.1. The Morgan fingerprint density at radius 1 is 1.39 bits per heavy atom. The highest BCUT2D eigenvalue weighted by Crippen LogP contribution is 2.43. The monoisotopic (exact) mass is 268 g/mol. The Hall–Kier alpha value is -0.930. The van der Waals surface area contributed by atoms with Gasteiger partial charge in [0.05, 0.1) is 23.8 Å². The van der Waals surface area contributed by atoms with Gasteiger partial charge in [0, 0.05) is 6.42 Å². The van der Waals surface area contributed by atoms with Crippen molar-refractivity contribution >= 4 is 11.6 Å². The van der Waals surface area contributed by atoms with Gasteiger partial charge in [-0.2, -0.15) is 0 Å². The lowest BCUT2D eigenvalue weighted by atomic mass is 10.1. The second-order valence-electron chi connectivity index (χ2n) is 5.33. The number of hydrogen-bond acceptors (Lipinski definition) is 3. The highest BCUT2D eigenvalue weighted by molar-refractivity contribution is 6.32. The third kappa shape index (κ3) is 2.57. The smallest absolute Gasteiger partial charge is 0.180 e. The minimum atomic E-state index is -0.521. The molecule has 0 amide bonds. The minimum absolute atomic E-state index is 0.287. The van der Waals surface area contributed by atoms with Crippen molar-refractivity contribution in [1.29, 1.82) is 0 Å². The van der Waals surface area contributed by atoms with Crippen LogP contribution in [0.1, 0.15) is 31.2 Å². The van der Waals surface area contributed by atoms with Gasteiger partial charge in [0.25, 0.3) is 0 Å². The molecule has 0 saturated heterocycles. The summed E-state index contributed by atoms with van der Waals surface area (Å²) in [7, 11) is 1.61. The number of methoxy groups -OCH3 is 1. The Morgan fingerprint density at radius 3 is 2.67 bits per heavy atom. The molecule has 1 N–H and O–H groups in total. The van der Waals surface area contributed by atoms with Crippen LogP contribution in [0.4, 0.5) is 0 Å². The van der Waals surface area contributed by atoms with Gasteiger partial charge in [0.2, 0.25) is 0 Å². The molecule has 3 nitrogen and oxygen atoms in total. The van der Waals surface area contributed by atoms with Crippen LogP contribution in [0.5, 0.6) is 11.5 Å². The fraction of sp³-hybridized carbons (Fsp3) is 0.571. The number of rotatable bonds is 5. The summed E-state index contributed by atoms with van der Waals surface area (Å²) in [5, 5.41) is 10.5. The van der Waals surface area contributed by atoms with Gasteiger partial charge in [-0.1, -0.05) is 11.6 Å². The van der Waals surface area contributed by atoms with Gasteiger partial charge < -0.3 is 14.6 Å². The van der Waals surface area contributed by atoms with Crippen LogP contribution in [0.25, 0.3) is 0 Å². The number of halogens is 1. The molecule has 2 saturated carbocycles. The summed E-state index contributed by atoms with van der Waals surface area (Å²) in [6.07, 6.45) is 4.82. The first-order valence-electron chi connectivity index (χ1n) is 6.35. The average Bonchev–Trinajstić information content (AvgIpc) is 3.21. The third-order valence-corrected chi connectivity index (χ3v) is 3.74. The van der Waals surface area contributed by atoms with Gasteiger partial charge in [0.1, 0.15) is 0 Å². The molecule has 0 unspecified atom stereocenters. The molecule has 3 rings (SSSR count). The summed E-state index contributed by atoms with van der Waals surface area (Å²) in [5.41, 5.74) is 0.479. The maximum atomic E-state index is 9.95. The Balaban J connectivity index is 1.85. The van der Waals surface area contributed by atoms with Crippen molar-refractivity contribution in [3.05, 3.63) is 22.7 Å². The molecule has 1 aromatic carbocycles. The molecule has 4 heteroatoms. The fourth-order valence-corrected chi connectivity index (χ4v) is 2.32. The lowest BCUT2D eigenvalue weighted by Gasteiger charge is -2.15. The topological polar surface area (TPSA) is 38.7 Å². The predicted octanol–water partition coefficient (Wildman–Crippen LogP) is 2.96. The Labute approximate surface area is 112 Å². The van der Waals surface area contributed by atoms with Gasteiger partial charge in [-0.05, 0) is 43.4 Å². The van der Waals surface area contributed by atoms with Crippen molar-refractivity contribution in [2.24, 2.45) is 0 Å². The molecule has 0 aromatic heterocycles. The summed E-state index contributed by atoms with van der Waals surface area (Å²) in [6.45, 7) is 0. The van der Waals surface area contributed by atoms with Gasteiger partial charge in [0.15, 0.2) is 11.5 Å². The van der Waals surface area contributed by atoms with E-state index in [4.69, 9.17) is 21.1 Å². The summed E-state index contributed by atoms with van der Waals surface area (Å²) in [6, 6.07) is 3.79.